The van der Waals surface area contributed by atoms with Crippen molar-refractivity contribution < 1.29 is 32.6 Å². The summed E-state index contributed by atoms with van der Waals surface area (Å²) in [6.07, 6.45) is -4.55. The Morgan fingerprint density at radius 1 is 1.30 bits per heavy atom. The number of rotatable bonds is 7. The average Bonchev–Trinajstić information content (AvgIpc) is 2.45. The van der Waals surface area contributed by atoms with E-state index in [-0.39, 0.29) is 6.04 Å². The number of carbonyl (C=O) groups is 2. The topological polar surface area (TPSA) is 78.9 Å². The van der Waals surface area contributed by atoms with Crippen molar-refractivity contribution in [2.75, 3.05) is 13.7 Å². The van der Waals surface area contributed by atoms with Crippen molar-refractivity contribution in [2.45, 2.75) is 25.6 Å². The van der Waals surface area contributed by atoms with Crippen LogP contribution in [0.25, 0.3) is 0 Å². The molecule has 0 aliphatic rings. The van der Waals surface area contributed by atoms with E-state index in [2.05, 4.69) is 0 Å². The highest BCUT2D eigenvalue weighted by Crippen LogP contribution is 2.16. The largest absolute Gasteiger partial charge is 0.482 e. The molecule has 0 aromatic heterocycles. The molecule has 9 heteroatoms. The molecule has 0 aliphatic heterocycles. The van der Waals surface area contributed by atoms with Crippen LogP contribution in [0.5, 0.6) is 5.75 Å². The monoisotopic (exact) mass is 334 g/mol. The quantitative estimate of drug-likeness (QED) is 0.741. The molecule has 23 heavy (non-hydrogen) atoms. The van der Waals surface area contributed by atoms with Gasteiger partial charge in [-0.1, -0.05) is 12.1 Å². The molecular formula is C14H17F3N2O4. The fourth-order valence-electron chi connectivity index (χ4n) is 1.68. The third-order valence-corrected chi connectivity index (χ3v) is 3.01. The summed E-state index contributed by atoms with van der Waals surface area (Å²) in [4.78, 5) is 21.2. The van der Waals surface area contributed by atoms with E-state index < -0.39 is 24.7 Å². The van der Waals surface area contributed by atoms with Crippen molar-refractivity contribution in [1.29, 1.82) is 0 Å². The van der Waals surface area contributed by atoms with E-state index >= 15 is 0 Å². The number of hydrogen-bond donors (Lipinski definition) is 2. The first-order chi connectivity index (χ1) is 10.6. The second-order valence-electron chi connectivity index (χ2n) is 4.93. The lowest BCUT2D eigenvalue weighted by Crippen LogP contribution is -2.50. The number of nitrogens with zero attached hydrogens (tertiary/aromatic N) is 1. The van der Waals surface area contributed by atoms with Crippen LogP contribution in [-0.2, 0) is 16.0 Å². The number of carboxylic acids is 1. The van der Waals surface area contributed by atoms with Gasteiger partial charge in [-0.05, 0) is 31.0 Å². The summed E-state index contributed by atoms with van der Waals surface area (Å²) >= 11 is 0. The molecule has 0 aliphatic carbocycles. The summed E-state index contributed by atoms with van der Waals surface area (Å²) in [6, 6.07) is 6.10. The fraction of sp³-hybridized carbons (Fsp3) is 0.429. The highest BCUT2D eigenvalue weighted by atomic mass is 19.4. The van der Waals surface area contributed by atoms with Gasteiger partial charge in [-0.3, -0.25) is 10.2 Å². The summed E-state index contributed by atoms with van der Waals surface area (Å²) in [7, 11) is 1.35. The first kappa shape index (κ1) is 18.8. The van der Waals surface area contributed by atoms with Gasteiger partial charge < -0.3 is 9.84 Å². The lowest BCUT2D eigenvalue weighted by molar-refractivity contribution is -0.179. The first-order valence-corrected chi connectivity index (χ1v) is 6.63. The maximum atomic E-state index is 12.2. The van der Waals surface area contributed by atoms with Gasteiger partial charge in [0.2, 0.25) is 0 Å². The summed E-state index contributed by atoms with van der Waals surface area (Å²) in [5, 5.41) is 9.58. The van der Waals surface area contributed by atoms with Crippen molar-refractivity contribution in [1.82, 2.24) is 10.4 Å². The van der Waals surface area contributed by atoms with Crippen molar-refractivity contribution in [3.63, 3.8) is 0 Å². The predicted octanol–water partition coefficient (Wildman–Crippen LogP) is 1.61. The van der Waals surface area contributed by atoms with Crippen LogP contribution in [0.15, 0.2) is 24.3 Å². The van der Waals surface area contributed by atoms with Gasteiger partial charge >= 0.3 is 18.1 Å². The number of alkyl halides is 3. The zero-order valence-corrected chi connectivity index (χ0v) is 12.6. The van der Waals surface area contributed by atoms with Crippen LogP contribution in [0.3, 0.4) is 0 Å². The Hall–Kier alpha value is -2.29. The Morgan fingerprint density at radius 2 is 1.87 bits per heavy atom. The smallest absolute Gasteiger partial charge is 0.472 e. The van der Waals surface area contributed by atoms with Crippen molar-refractivity contribution in [2.24, 2.45) is 0 Å². The van der Waals surface area contributed by atoms with E-state index in [1.807, 2.05) is 0 Å². The lowest BCUT2D eigenvalue weighted by Gasteiger charge is -2.25. The molecule has 0 heterocycles. The molecule has 0 saturated heterocycles. The molecule has 0 spiro atoms. The van der Waals surface area contributed by atoms with E-state index in [0.29, 0.717) is 12.2 Å². The molecule has 0 unspecified atom stereocenters. The highest BCUT2D eigenvalue weighted by Gasteiger charge is 2.39. The Kier molecular flexibility index (Phi) is 6.38. The molecule has 1 aromatic carbocycles. The van der Waals surface area contributed by atoms with E-state index in [4.69, 9.17) is 9.84 Å². The number of hydrazine groups is 1. The zero-order chi connectivity index (χ0) is 17.6. The highest BCUT2D eigenvalue weighted by molar-refractivity contribution is 5.81. The first-order valence-electron chi connectivity index (χ1n) is 6.63. The Morgan fingerprint density at radius 3 is 2.35 bits per heavy atom. The molecule has 2 N–H and O–H groups in total. The minimum absolute atomic E-state index is 0.377. The molecule has 1 rings (SSSR count). The maximum Gasteiger partial charge on any atom is 0.472 e. The van der Waals surface area contributed by atoms with Crippen molar-refractivity contribution >= 4 is 11.9 Å². The fourth-order valence-corrected chi connectivity index (χ4v) is 1.68. The van der Waals surface area contributed by atoms with Crippen molar-refractivity contribution in [3.05, 3.63) is 29.8 Å². The molecule has 0 bridgehead atoms. The molecule has 6 nitrogen and oxygen atoms in total. The normalized spacial score (nSPS) is 12.8. The van der Waals surface area contributed by atoms with E-state index in [1.54, 1.807) is 36.6 Å². The van der Waals surface area contributed by atoms with Crippen molar-refractivity contribution in [3.8, 4) is 5.75 Å². The van der Waals surface area contributed by atoms with E-state index in [0.717, 1.165) is 10.6 Å². The zero-order valence-electron chi connectivity index (χ0n) is 12.6. The minimum atomic E-state index is -4.93. The number of hydrogen-bond acceptors (Lipinski definition) is 4. The number of benzene rings is 1. The Labute approximate surface area is 130 Å². The SMILES string of the molecule is C[C@H](Cc1ccc(OCC(=O)O)cc1)N(C)NC(=O)C(F)(F)F. The average molecular weight is 334 g/mol. The number of ether oxygens (including phenoxy) is 1. The number of carboxylic acid groups (broad SMARTS) is 1. The second kappa shape index (κ2) is 7.82. The number of amides is 1. The van der Waals surface area contributed by atoms with Gasteiger partial charge in [0.25, 0.3) is 0 Å². The predicted molar refractivity (Wildman–Crippen MR) is 74.7 cm³/mol. The summed E-state index contributed by atoms with van der Waals surface area (Å²) in [5.74, 6) is -2.74. The van der Waals surface area contributed by atoms with Gasteiger partial charge in [-0.15, -0.1) is 0 Å². The number of likely N-dealkylation sites (N-methyl/N-ethyl adjacent to an activating group) is 1. The van der Waals surface area contributed by atoms with Gasteiger partial charge in [0.05, 0.1) is 0 Å². The van der Waals surface area contributed by atoms with Crippen LogP contribution < -0.4 is 10.2 Å². The third-order valence-electron chi connectivity index (χ3n) is 3.01. The molecule has 1 aromatic rings. The third kappa shape index (κ3) is 6.55. The Bertz CT molecular complexity index is 546. The number of nitrogens with one attached hydrogen (secondary N) is 1. The minimum Gasteiger partial charge on any atom is -0.482 e. The van der Waals surface area contributed by atoms with Crippen LogP contribution in [0.1, 0.15) is 12.5 Å². The number of aliphatic carboxylic acids is 1. The standard InChI is InChI=1S/C14H17F3N2O4/c1-9(19(2)18-13(22)14(15,16)17)7-10-3-5-11(6-4-10)23-8-12(20)21/h3-6,9H,7-8H2,1-2H3,(H,18,22)(H,20,21)/t9-/m1/s1. The molecule has 1 atom stereocenters. The summed E-state index contributed by atoms with van der Waals surface area (Å²) in [6.45, 7) is 1.20. The molecule has 1 amide bonds. The molecule has 0 radical (unpaired) electrons. The Balaban J connectivity index is 2.54. The van der Waals surface area contributed by atoms with E-state index in [1.165, 1.54) is 7.05 Å². The van der Waals surface area contributed by atoms with Crippen LogP contribution in [0.2, 0.25) is 0 Å². The molecule has 128 valence electrons. The van der Waals surface area contributed by atoms with E-state index in [9.17, 15) is 22.8 Å². The number of halogens is 3. The van der Waals surface area contributed by atoms with Crippen LogP contribution in [0, 0.1) is 0 Å². The van der Waals surface area contributed by atoms with Gasteiger partial charge in [0.15, 0.2) is 6.61 Å². The van der Waals surface area contributed by atoms with Gasteiger partial charge in [-0.25, -0.2) is 9.80 Å². The van der Waals surface area contributed by atoms with Crippen LogP contribution >= 0.6 is 0 Å². The molecule has 0 saturated carbocycles. The molecular weight excluding hydrogens is 317 g/mol. The summed E-state index contributed by atoms with van der Waals surface area (Å²) in [5.41, 5.74) is 2.56. The van der Waals surface area contributed by atoms with Crippen LogP contribution in [0.4, 0.5) is 13.2 Å². The summed E-state index contributed by atoms with van der Waals surface area (Å²) < 4.78 is 41.5. The van der Waals surface area contributed by atoms with Crippen LogP contribution in [-0.4, -0.2) is 47.9 Å². The second-order valence-corrected chi connectivity index (χ2v) is 4.93. The van der Waals surface area contributed by atoms with Gasteiger partial charge in [0, 0.05) is 13.1 Å². The molecule has 0 fully saturated rings. The maximum absolute atomic E-state index is 12.2. The number of carbonyl (C=O) groups excluding carboxylic acids is 1. The van der Waals surface area contributed by atoms with Gasteiger partial charge in [-0.2, -0.15) is 13.2 Å². The van der Waals surface area contributed by atoms with Gasteiger partial charge in [0.1, 0.15) is 5.75 Å². The lowest BCUT2D eigenvalue weighted by atomic mass is 10.1.